The Morgan fingerprint density at radius 3 is 2.73 bits per heavy atom. The minimum Gasteiger partial charge on any atom is -0.307 e. The summed E-state index contributed by atoms with van der Waals surface area (Å²) in [4.78, 5) is 10.8. The average Bonchev–Trinajstić information content (AvgIpc) is 2.73. The number of aromatic amines is 1. The molecule has 2 aromatic rings. The lowest BCUT2D eigenvalue weighted by Gasteiger charge is -2.33. The van der Waals surface area contributed by atoms with Gasteiger partial charge in [-0.3, -0.25) is 15.2 Å². The third kappa shape index (κ3) is 2.72. The fraction of sp³-hybridized carbons (Fsp3) is 0.429. The summed E-state index contributed by atoms with van der Waals surface area (Å²) in [6.45, 7) is 0. The third-order valence-electron chi connectivity index (χ3n) is 4.29. The van der Waals surface area contributed by atoms with Crippen LogP contribution in [0.1, 0.15) is 36.6 Å². The van der Waals surface area contributed by atoms with E-state index in [1.54, 1.807) is 6.07 Å². The molecular formula is C14H15BrN4O2S. The monoisotopic (exact) mass is 382 g/mol. The molecule has 8 heteroatoms. The van der Waals surface area contributed by atoms with Gasteiger partial charge in [0.1, 0.15) is 5.82 Å². The molecule has 6 nitrogen and oxygen atoms in total. The van der Waals surface area contributed by atoms with Crippen LogP contribution >= 0.6 is 28.1 Å². The first-order chi connectivity index (χ1) is 10.5. The zero-order valence-electron chi connectivity index (χ0n) is 12.0. The molecule has 1 unspecified atom stereocenters. The molecule has 1 fully saturated rings. The molecule has 0 saturated heterocycles. The largest absolute Gasteiger partial charge is 0.307 e. The smallest absolute Gasteiger partial charge is 0.270 e. The van der Waals surface area contributed by atoms with Gasteiger partial charge in [-0.25, -0.2) is 0 Å². The van der Waals surface area contributed by atoms with E-state index in [0.717, 1.165) is 24.2 Å². The Morgan fingerprint density at radius 2 is 2.23 bits per heavy atom. The van der Waals surface area contributed by atoms with E-state index in [4.69, 9.17) is 12.2 Å². The molecule has 0 spiro atoms. The second-order valence-electron chi connectivity index (χ2n) is 5.61. The maximum atomic E-state index is 11.1. The fourth-order valence-corrected chi connectivity index (χ4v) is 3.56. The van der Waals surface area contributed by atoms with Gasteiger partial charge in [0.15, 0.2) is 4.77 Å². The van der Waals surface area contributed by atoms with Crippen molar-refractivity contribution in [3.63, 3.8) is 0 Å². The Morgan fingerprint density at radius 1 is 1.50 bits per heavy atom. The molecule has 1 saturated carbocycles. The summed E-state index contributed by atoms with van der Waals surface area (Å²) >= 11 is 8.58. The lowest BCUT2D eigenvalue weighted by atomic mass is 9.72. The number of non-ortho nitro benzene ring substituents is 1. The predicted octanol–water partition coefficient (Wildman–Crippen LogP) is 4.08. The van der Waals surface area contributed by atoms with E-state index in [1.165, 1.54) is 12.5 Å². The third-order valence-corrected chi connectivity index (χ3v) is 5.11. The van der Waals surface area contributed by atoms with Crippen LogP contribution in [0.15, 0.2) is 22.7 Å². The molecule has 1 aliphatic rings. The van der Waals surface area contributed by atoms with E-state index in [-0.39, 0.29) is 16.5 Å². The lowest BCUT2D eigenvalue weighted by molar-refractivity contribution is -0.385. The van der Waals surface area contributed by atoms with Crippen LogP contribution in [0.2, 0.25) is 0 Å². The molecule has 0 amide bonds. The molecule has 1 heterocycles. The number of hydrogen-bond acceptors (Lipinski definition) is 4. The van der Waals surface area contributed by atoms with Crippen LogP contribution in [-0.2, 0) is 7.05 Å². The Kier molecular flexibility index (Phi) is 4.14. The summed E-state index contributed by atoms with van der Waals surface area (Å²) in [6.07, 6.45) is 3.39. The summed E-state index contributed by atoms with van der Waals surface area (Å²) in [5, 5.41) is 18.3. The van der Waals surface area contributed by atoms with Gasteiger partial charge >= 0.3 is 0 Å². The number of aromatic nitrogens is 3. The first-order valence-corrected chi connectivity index (χ1v) is 8.23. The number of benzene rings is 1. The summed E-state index contributed by atoms with van der Waals surface area (Å²) in [5.74, 6) is 1.29. The Bertz CT molecular complexity index is 781. The van der Waals surface area contributed by atoms with E-state index in [1.807, 2.05) is 17.7 Å². The second kappa shape index (κ2) is 5.92. The number of nitrogens with one attached hydrogen (secondary N) is 1. The van der Waals surface area contributed by atoms with Crippen molar-refractivity contribution in [3.05, 3.63) is 48.9 Å². The minimum atomic E-state index is -0.366. The first kappa shape index (κ1) is 15.4. The van der Waals surface area contributed by atoms with E-state index in [2.05, 4.69) is 26.1 Å². The van der Waals surface area contributed by atoms with Crippen LogP contribution in [0.25, 0.3) is 0 Å². The van der Waals surface area contributed by atoms with Crippen molar-refractivity contribution < 1.29 is 4.92 Å². The molecule has 1 aromatic carbocycles. The molecule has 116 valence electrons. The van der Waals surface area contributed by atoms with Crippen molar-refractivity contribution in [2.24, 2.45) is 13.0 Å². The van der Waals surface area contributed by atoms with Gasteiger partial charge in [-0.2, -0.15) is 5.10 Å². The van der Waals surface area contributed by atoms with Crippen LogP contribution in [0, 0.1) is 20.8 Å². The average molecular weight is 383 g/mol. The molecule has 0 aliphatic heterocycles. The number of nitro groups is 1. The number of nitro benzene ring substituents is 1. The van der Waals surface area contributed by atoms with Gasteiger partial charge in [0.2, 0.25) is 0 Å². The topological polar surface area (TPSA) is 76.8 Å². The van der Waals surface area contributed by atoms with Gasteiger partial charge in [0, 0.05) is 29.6 Å². The number of hydrogen-bond donors (Lipinski definition) is 1. The lowest BCUT2D eigenvalue weighted by Crippen LogP contribution is -2.24. The van der Waals surface area contributed by atoms with Crippen LogP contribution in [0.4, 0.5) is 5.69 Å². The number of halogens is 1. The standard InChI is InChI=1S/C14H15BrN4O2S/c1-18-13(16-17-14(18)22)12(8-3-2-4-8)9-5-10(15)7-11(6-9)19(20)21/h5-8,12H,2-4H2,1H3,(H,17,22). The Hall–Kier alpha value is -1.54. The normalized spacial score (nSPS) is 16.3. The predicted molar refractivity (Wildman–Crippen MR) is 88.4 cm³/mol. The van der Waals surface area contributed by atoms with Crippen molar-refractivity contribution in [1.29, 1.82) is 0 Å². The molecule has 1 atom stereocenters. The van der Waals surface area contributed by atoms with Gasteiger partial charge in [0.25, 0.3) is 5.69 Å². The summed E-state index contributed by atoms with van der Waals surface area (Å²) in [6, 6.07) is 5.10. The highest BCUT2D eigenvalue weighted by Crippen LogP contribution is 2.43. The highest BCUT2D eigenvalue weighted by molar-refractivity contribution is 9.10. The van der Waals surface area contributed by atoms with Gasteiger partial charge in [0.05, 0.1) is 4.92 Å². The zero-order chi connectivity index (χ0) is 15.9. The van der Waals surface area contributed by atoms with Crippen molar-refractivity contribution in [2.45, 2.75) is 25.2 Å². The zero-order valence-corrected chi connectivity index (χ0v) is 14.4. The maximum absolute atomic E-state index is 11.1. The first-order valence-electron chi connectivity index (χ1n) is 7.03. The molecule has 1 N–H and O–H groups in total. The summed E-state index contributed by atoms with van der Waals surface area (Å²) < 4.78 is 3.12. The Labute approximate surface area is 140 Å². The SMILES string of the molecule is Cn1c(C(c2cc(Br)cc([N+](=O)[O-])c2)C2CCC2)n[nH]c1=S. The van der Waals surface area contributed by atoms with E-state index < -0.39 is 0 Å². The van der Waals surface area contributed by atoms with Gasteiger partial charge in [-0.15, -0.1) is 0 Å². The molecule has 22 heavy (non-hydrogen) atoms. The highest BCUT2D eigenvalue weighted by Gasteiger charge is 2.33. The molecule has 0 radical (unpaired) electrons. The van der Waals surface area contributed by atoms with E-state index in [0.29, 0.717) is 15.2 Å². The molecular weight excluding hydrogens is 368 g/mol. The minimum absolute atomic E-state index is 0.0166. The number of rotatable bonds is 4. The van der Waals surface area contributed by atoms with Crippen LogP contribution < -0.4 is 0 Å². The summed E-state index contributed by atoms with van der Waals surface area (Å²) in [7, 11) is 1.87. The highest BCUT2D eigenvalue weighted by atomic mass is 79.9. The summed E-state index contributed by atoms with van der Waals surface area (Å²) in [5.41, 5.74) is 0.994. The van der Waals surface area contributed by atoms with E-state index in [9.17, 15) is 10.1 Å². The van der Waals surface area contributed by atoms with Gasteiger partial charge < -0.3 is 4.57 Å². The number of nitrogens with zero attached hydrogens (tertiary/aromatic N) is 3. The van der Waals surface area contributed by atoms with Crippen LogP contribution in [-0.4, -0.2) is 19.7 Å². The van der Waals surface area contributed by atoms with E-state index >= 15 is 0 Å². The van der Waals surface area contributed by atoms with Crippen molar-refractivity contribution in [2.75, 3.05) is 0 Å². The van der Waals surface area contributed by atoms with Gasteiger partial charge in [-0.05, 0) is 42.6 Å². The second-order valence-corrected chi connectivity index (χ2v) is 6.92. The van der Waals surface area contributed by atoms with Crippen molar-refractivity contribution in [1.82, 2.24) is 14.8 Å². The van der Waals surface area contributed by atoms with Gasteiger partial charge in [-0.1, -0.05) is 22.4 Å². The maximum Gasteiger partial charge on any atom is 0.270 e. The van der Waals surface area contributed by atoms with Crippen molar-refractivity contribution >= 4 is 33.8 Å². The van der Waals surface area contributed by atoms with Crippen LogP contribution in [0.5, 0.6) is 0 Å². The molecule has 1 aromatic heterocycles. The Balaban J connectivity index is 2.12. The number of H-pyrrole nitrogens is 1. The molecule has 0 bridgehead atoms. The van der Waals surface area contributed by atoms with Crippen LogP contribution in [0.3, 0.4) is 0 Å². The van der Waals surface area contributed by atoms with Crippen molar-refractivity contribution in [3.8, 4) is 0 Å². The fourth-order valence-electron chi connectivity index (χ4n) is 2.92. The quantitative estimate of drug-likeness (QED) is 0.490. The molecule has 3 rings (SSSR count). The molecule has 1 aliphatic carbocycles.